The first-order valence-electron chi connectivity index (χ1n) is 6.97. The van der Waals surface area contributed by atoms with Crippen LogP contribution in [0.3, 0.4) is 0 Å². The van der Waals surface area contributed by atoms with E-state index in [4.69, 9.17) is 0 Å². The molecule has 2 aromatic carbocycles. The van der Waals surface area contributed by atoms with Crippen LogP contribution in [0.25, 0.3) is 21.8 Å². The standard InChI is InChI=1S/C18H19NSi/c1-19-17-11-6-5-9-15(17)16-10-7-8-14(18(16)19)12-13-20(2,3)4/h5-11H,1-4H3. The molecule has 2 heteroatoms. The number of nitrogens with zero attached hydrogens (tertiary/aromatic N) is 1. The molecule has 100 valence electrons. The highest BCUT2D eigenvalue weighted by molar-refractivity contribution is 6.83. The van der Waals surface area contributed by atoms with Gasteiger partial charge in [-0.25, -0.2) is 0 Å². The summed E-state index contributed by atoms with van der Waals surface area (Å²) in [4.78, 5) is 0. The minimum atomic E-state index is -1.35. The van der Waals surface area contributed by atoms with Crippen molar-refractivity contribution < 1.29 is 0 Å². The molecule has 0 atom stereocenters. The fourth-order valence-corrected chi connectivity index (χ4v) is 3.10. The summed E-state index contributed by atoms with van der Waals surface area (Å²) in [6, 6.07) is 15.0. The van der Waals surface area contributed by atoms with Crippen LogP contribution in [0, 0.1) is 11.5 Å². The smallest absolute Gasteiger partial charge is 0.129 e. The molecule has 3 rings (SSSR count). The van der Waals surface area contributed by atoms with Crippen molar-refractivity contribution >= 4 is 29.9 Å². The molecule has 0 radical (unpaired) electrons. The van der Waals surface area contributed by atoms with Crippen molar-refractivity contribution in [3.05, 3.63) is 48.0 Å². The zero-order chi connectivity index (χ0) is 14.3. The van der Waals surface area contributed by atoms with E-state index in [1.165, 1.54) is 21.8 Å². The first kappa shape index (κ1) is 13.0. The van der Waals surface area contributed by atoms with Gasteiger partial charge in [0, 0.05) is 28.9 Å². The molecular formula is C18H19NSi. The number of hydrogen-bond acceptors (Lipinski definition) is 0. The first-order valence-corrected chi connectivity index (χ1v) is 10.5. The Bertz CT molecular complexity index is 854. The van der Waals surface area contributed by atoms with Crippen molar-refractivity contribution in [1.29, 1.82) is 0 Å². The molecule has 0 bridgehead atoms. The molecule has 0 saturated carbocycles. The lowest BCUT2D eigenvalue weighted by atomic mass is 10.1. The van der Waals surface area contributed by atoms with Gasteiger partial charge < -0.3 is 4.57 Å². The SMILES string of the molecule is Cn1c2ccccc2c2cccc(C#C[Si](C)(C)C)c21. The predicted molar refractivity (Wildman–Crippen MR) is 90.6 cm³/mol. The normalized spacial score (nSPS) is 11.6. The second-order valence-corrected chi connectivity index (χ2v) is 11.0. The van der Waals surface area contributed by atoms with Crippen molar-refractivity contribution in [2.45, 2.75) is 19.6 Å². The third-order valence-corrected chi connectivity index (χ3v) is 4.37. The largest absolute Gasteiger partial charge is 0.343 e. The topological polar surface area (TPSA) is 4.93 Å². The van der Waals surface area contributed by atoms with Crippen molar-refractivity contribution in [2.75, 3.05) is 0 Å². The molecule has 3 aromatic rings. The number of fused-ring (bicyclic) bond motifs is 3. The van der Waals surface area contributed by atoms with Crippen LogP contribution in [0.5, 0.6) is 0 Å². The van der Waals surface area contributed by atoms with E-state index in [1.807, 2.05) is 0 Å². The third kappa shape index (κ3) is 2.15. The summed E-state index contributed by atoms with van der Waals surface area (Å²) in [6.07, 6.45) is 0. The quantitative estimate of drug-likeness (QED) is 0.419. The minimum Gasteiger partial charge on any atom is -0.343 e. The monoisotopic (exact) mass is 277 g/mol. The van der Waals surface area contributed by atoms with Crippen LogP contribution in [0.1, 0.15) is 5.56 Å². The van der Waals surface area contributed by atoms with Gasteiger partial charge >= 0.3 is 0 Å². The van der Waals surface area contributed by atoms with Gasteiger partial charge in [0.25, 0.3) is 0 Å². The van der Waals surface area contributed by atoms with Crippen molar-refractivity contribution in [3.8, 4) is 11.5 Å². The van der Waals surface area contributed by atoms with Gasteiger partial charge in [-0.05, 0) is 12.1 Å². The molecule has 1 nitrogen and oxygen atoms in total. The van der Waals surface area contributed by atoms with E-state index in [-0.39, 0.29) is 0 Å². The van der Waals surface area contributed by atoms with Gasteiger partial charge in [0.1, 0.15) is 8.07 Å². The first-order chi connectivity index (χ1) is 9.47. The molecule has 0 fully saturated rings. The molecule has 0 aliphatic rings. The Hall–Kier alpha value is -1.98. The Balaban J connectivity index is 2.37. The fraction of sp³-hybridized carbons (Fsp3) is 0.222. The predicted octanol–water partition coefficient (Wildman–Crippen LogP) is 4.56. The van der Waals surface area contributed by atoms with Crippen LogP contribution in [-0.2, 0) is 7.05 Å². The average molecular weight is 277 g/mol. The van der Waals surface area contributed by atoms with Gasteiger partial charge in [-0.1, -0.05) is 55.9 Å². The van der Waals surface area contributed by atoms with Gasteiger partial charge in [-0.15, -0.1) is 5.54 Å². The molecule has 1 heterocycles. The van der Waals surface area contributed by atoms with E-state index < -0.39 is 8.07 Å². The van der Waals surface area contributed by atoms with E-state index in [1.54, 1.807) is 0 Å². The molecule has 1 aromatic heterocycles. The van der Waals surface area contributed by atoms with E-state index in [2.05, 4.69) is 85.2 Å². The van der Waals surface area contributed by atoms with Crippen molar-refractivity contribution in [3.63, 3.8) is 0 Å². The molecule has 0 unspecified atom stereocenters. The maximum atomic E-state index is 3.48. The summed E-state index contributed by atoms with van der Waals surface area (Å²) in [5.74, 6) is 3.42. The van der Waals surface area contributed by atoms with Gasteiger partial charge in [0.2, 0.25) is 0 Å². The number of hydrogen-bond donors (Lipinski definition) is 0. The number of rotatable bonds is 0. The van der Waals surface area contributed by atoms with E-state index in [0.29, 0.717) is 0 Å². The van der Waals surface area contributed by atoms with Crippen LogP contribution in [0.15, 0.2) is 42.5 Å². The Morgan fingerprint density at radius 2 is 1.60 bits per heavy atom. The summed E-state index contributed by atoms with van der Waals surface area (Å²) in [5.41, 5.74) is 7.14. The zero-order valence-electron chi connectivity index (χ0n) is 12.5. The van der Waals surface area contributed by atoms with Crippen LogP contribution < -0.4 is 0 Å². The molecule has 0 amide bonds. The fourth-order valence-electron chi connectivity index (χ4n) is 2.59. The summed E-state index contributed by atoms with van der Waals surface area (Å²) < 4.78 is 2.26. The summed E-state index contributed by atoms with van der Waals surface area (Å²) in [6.45, 7) is 6.84. The van der Waals surface area contributed by atoms with E-state index in [0.717, 1.165) is 5.56 Å². The Morgan fingerprint density at radius 3 is 2.35 bits per heavy atom. The lowest BCUT2D eigenvalue weighted by molar-refractivity contribution is 1.01. The highest BCUT2D eigenvalue weighted by Gasteiger charge is 2.11. The summed E-state index contributed by atoms with van der Waals surface area (Å²) >= 11 is 0. The van der Waals surface area contributed by atoms with Gasteiger partial charge in [-0.3, -0.25) is 0 Å². The second-order valence-electron chi connectivity index (χ2n) is 6.28. The number of para-hydroxylation sites is 2. The molecule has 20 heavy (non-hydrogen) atoms. The molecule has 0 saturated heterocycles. The molecular weight excluding hydrogens is 258 g/mol. The minimum absolute atomic E-state index is 1.14. The number of aromatic nitrogens is 1. The molecule has 0 aliphatic carbocycles. The zero-order valence-corrected chi connectivity index (χ0v) is 13.5. The Labute approximate surface area is 121 Å². The number of aryl methyl sites for hydroxylation is 1. The van der Waals surface area contributed by atoms with Gasteiger partial charge in [-0.2, -0.15) is 0 Å². The average Bonchev–Trinajstić information content (AvgIpc) is 2.71. The van der Waals surface area contributed by atoms with Crippen molar-refractivity contribution in [2.24, 2.45) is 7.05 Å². The van der Waals surface area contributed by atoms with E-state index >= 15 is 0 Å². The van der Waals surface area contributed by atoms with Crippen molar-refractivity contribution in [1.82, 2.24) is 4.57 Å². The lowest BCUT2D eigenvalue weighted by Crippen LogP contribution is -2.16. The Morgan fingerprint density at radius 1 is 0.900 bits per heavy atom. The number of benzene rings is 2. The van der Waals surface area contributed by atoms with Gasteiger partial charge in [0.05, 0.1) is 5.52 Å². The van der Waals surface area contributed by atoms with E-state index in [9.17, 15) is 0 Å². The Kier molecular flexibility index (Phi) is 2.95. The maximum Gasteiger partial charge on any atom is 0.129 e. The second kappa shape index (κ2) is 4.54. The lowest BCUT2D eigenvalue weighted by Gasteiger charge is -2.05. The highest BCUT2D eigenvalue weighted by Crippen LogP contribution is 2.29. The van der Waals surface area contributed by atoms with Crippen LogP contribution in [0.4, 0.5) is 0 Å². The van der Waals surface area contributed by atoms with Gasteiger partial charge in [0.15, 0.2) is 0 Å². The molecule has 0 aliphatic heterocycles. The highest BCUT2D eigenvalue weighted by atomic mass is 28.3. The van der Waals surface area contributed by atoms with Crippen LogP contribution in [-0.4, -0.2) is 12.6 Å². The maximum absolute atomic E-state index is 3.48. The molecule has 0 N–H and O–H groups in total. The van der Waals surface area contributed by atoms with Crippen LogP contribution in [0.2, 0.25) is 19.6 Å². The summed E-state index contributed by atoms with van der Waals surface area (Å²) in [5, 5.41) is 2.60. The molecule has 0 spiro atoms. The third-order valence-electron chi connectivity index (χ3n) is 3.50. The van der Waals surface area contributed by atoms with Crippen LogP contribution >= 0.6 is 0 Å². The summed E-state index contributed by atoms with van der Waals surface area (Å²) in [7, 11) is 0.775.